The van der Waals surface area contributed by atoms with Crippen LogP contribution in [0.5, 0.6) is 0 Å². The summed E-state index contributed by atoms with van der Waals surface area (Å²) in [4.78, 5) is 13.1. The van der Waals surface area contributed by atoms with Gasteiger partial charge in [-0.05, 0) is 12.8 Å². The number of carbonyl (C=O) groups is 1. The molecule has 2 rings (SSSR count). The van der Waals surface area contributed by atoms with Crippen LogP contribution in [0.25, 0.3) is 0 Å². The number of carbonyl (C=O) groups excluding carboxylic acids is 1. The zero-order chi connectivity index (χ0) is 8.77. The van der Waals surface area contributed by atoms with Gasteiger partial charge in [0.15, 0.2) is 0 Å². The fraction of sp³-hybridized carbons (Fsp3) is 0.875. The number of hydrogen-bond donors (Lipinski definition) is 2. The molecule has 2 aliphatic heterocycles. The summed E-state index contributed by atoms with van der Waals surface area (Å²) in [6, 6.07) is -0.00463. The Hall–Kier alpha value is -0.610. The van der Waals surface area contributed by atoms with Crippen LogP contribution >= 0.6 is 0 Å². The van der Waals surface area contributed by atoms with Crippen molar-refractivity contribution in [2.24, 2.45) is 5.73 Å². The van der Waals surface area contributed by atoms with Gasteiger partial charge in [0.1, 0.15) is 5.60 Å². The number of amides is 1. The first kappa shape index (κ1) is 8.01. The van der Waals surface area contributed by atoms with Crippen LogP contribution in [0.15, 0.2) is 0 Å². The molecule has 2 aliphatic rings. The van der Waals surface area contributed by atoms with Crippen LogP contribution in [0.3, 0.4) is 0 Å². The number of nitrogens with two attached hydrogens (primary N) is 1. The third-order valence-corrected chi connectivity index (χ3v) is 3.00. The van der Waals surface area contributed by atoms with E-state index in [1.807, 2.05) is 0 Å². The standard InChI is InChI=1S/C8H14N2O2/c9-5-8(12)4-7(11)10-3-1-2-6(8)10/h6,12H,1-5,9H2. The highest BCUT2D eigenvalue weighted by molar-refractivity contribution is 5.81. The molecule has 3 N–H and O–H groups in total. The van der Waals surface area contributed by atoms with Gasteiger partial charge in [0, 0.05) is 13.1 Å². The number of hydrogen-bond acceptors (Lipinski definition) is 3. The number of rotatable bonds is 1. The Morgan fingerprint density at radius 1 is 1.75 bits per heavy atom. The largest absolute Gasteiger partial charge is 0.386 e. The van der Waals surface area contributed by atoms with Crippen molar-refractivity contribution in [1.29, 1.82) is 0 Å². The van der Waals surface area contributed by atoms with E-state index in [9.17, 15) is 9.90 Å². The topological polar surface area (TPSA) is 66.6 Å². The van der Waals surface area contributed by atoms with Crippen LogP contribution in [-0.4, -0.2) is 40.6 Å². The molecule has 0 saturated carbocycles. The van der Waals surface area contributed by atoms with Crippen molar-refractivity contribution in [2.75, 3.05) is 13.1 Å². The van der Waals surface area contributed by atoms with Crippen molar-refractivity contribution >= 4 is 5.91 Å². The number of aliphatic hydroxyl groups is 1. The fourth-order valence-corrected chi connectivity index (χ4v) is 2.31. The molecule has 2 fully saturated rings. The summed E-state index contributed by atoms with van der Waals surface area (Å²) in [6.07, 6.45) is 2.12. The Morgan fingerprint density at radius 2 is 2.50 bits per heavy atom. The van der Waals surface area contributed by atoms with Crippen LogP contribution in [-0.2, 0) is 4.79 Å². The summed E-state index contributed by atoms with van der Waals surface area (Å²) in [7, 11) is 0. The van der Waals surface area contributed by atoms with Crippen LogP contribution in [0.1, 0.15) is 19.3 Å². The summed E-state index contributed by atoms with van der Waals surface area (Å²) in [5.41, 5.74) is 4.52. The molecule has 12 heavy (non-hydrogen) atoms. The maximum absolute atomic E-state index is 11.3. The average molecular weight is 170 g/mol. The lowest BCUT2D eigenvalue weighted by Crippen LogP contribution is -2.47. The van der Waals surface area contributed by atoms with Gasteiger partial charge in [0.2, 0.25) is 5.91 Å². The molecule has 4 heteroatoms. The lowest BCUT2D eigenvalue weighted by molar-refractivity contribution is -0.127. The van der Waals surface area contributed by atoms with Crippen molar-refractivity contribution in [1.82, 2.24) is 4.90 Å². The maximum Gasteiger partial charge on any atom is 0.225 e. The van der Waals surface area contributed by atoms with Gasteiger partial charge < -0.3 is 15.7 Å². The molecule has 0 radical (unpaired) electrons. The third kappa shape index (κ3) is 0.881. The van der Waals surface area contributed by atoms with E-state index in [4.69, 9.17) is 5.73 Å². The summed E-state index contributed by atoms with van der Waals surface area (Å²) in [5.74, 6) is 0.0606. The van der Waals surface area contributed by atoms with Gasteiger partial charge in [-0.15, -0.1) is 0 Å². The van der Waals surface area contributed by atoms with Crippen LogP contribution in [0.4, 0.5) is 0 Å². The van der Waals surface area contributed by atoms with Crippen molar-refractivity contribution in [3.8, 4) is 0 Å². The molecular weight excluding hydrogens is 156 g/mol. The smallest absolute Gasteiger partial charge is 0.225 e. The van der Waals surface area contributed by atoms with Gasteiger partial charge >= 0.3 is 0 Å². The van der Waals surface area contributed by atoms with Crippen molar-refractivity contribution < 1.29 is 9.90 Å². The maximum atomic E-state index is 11.3. The molecule has 0 aromatic rings. The first-order valence-electron chi connectivity index (χ1n) is 4.39. The lowest BCUT2D eigenvalue weighted by Gasteiger charge is -2.27. The monoisotopic (exact) mass is 170 g/mol. The Labute approximate surface area is 71.3 Å². The minimum absolute atomic E-state index is 0.00463. The lowest BCUT2D eigenvalue weighted by atomic mass is 9.93. The van der Waals surface area contributed by atoms with Crippen molar-refractivity contribution in [3.05, 3.63) is 0 Å². The molecular formula is C8H14N2O2. The van der Waals surface area contributed by atoms with Gasteiger partial charge in [-0.25, -0.2) is 0 Å². The van der Waals surface area contributed by atoms with Crippen LogP contribution in [0.2, 0.25) is 0 Å². The van der Waals surface area contributed by atoms with E-state index in [0.717, 1.165) is 19.4 Å². The Bertz CT molecular complexity index is 219. The normalized spacial score (nSPS) is 40.7. The molecule has 2 unspecified atom stereocenters. The molecule has 0 aliphatic carbocycles. The van der Waals surface area contributed by atoms with E-state index in [1.165, 1.54) is 0 Å². The predicted octanol–water partition coefficient (Wildman–Crippen LogP) is -0.929. The van der Waals surface area contributed by atoms with Gasteiger partial charge in [0.05, 0.1) is 12.5 Å². The number of nitrogens with zero attached hydrogens (tertiary/aromatic N) is 1. The van der Waals surface area contributed by atoms with E-state index in [2.05, 4.69) is 0 Å². The molecule has 2 atom stereocenters. The predicted molar refractivity (Wildman–Crippen MR) is 43.4 cm³/mol. The van der Waals surface area contributed by atoms with E-state index < -0.39 is 5.60 Å². The summed E-state index contributed by atoms with van der Waals surface area (Å²) in [6.45, 7) is 0.992. The Balaban J connectivity index is 2.25. The average Bonchev–Trinajstić information content (AvgIpc) is 2.58. The molecule has 0 bridgehead atoms. The summed E-state index contributed by atoms with van der Waals surface area (Å²) in [5, 5.41) is 9.95. The first-order chi connectivity index (χ1) is 5.67. The SMILES string of the molecule is NCC1(O)CC(=O)N2CCCC21. The highest BCUT2D eigenvalue weighted by Gasteiger charge is 2.51. The first-order valence-corrected chi connectivity index (χ1v) is 4.39. The van der Waals surface area contributed by atoms with E-state index >= 15 is 0 Å². The third-order valence-electron chi connectivity index (χ3n) is 3.00. The van der Waals surface area contributed by atoms with Gasteiger partial charge in [-0.3, -0.25) is 4.79 Å². The fourth-order valence-electron chi connectivity index (χ4n) is 2.31. The van der Waals surface area contributed by atoms with Crippen molar-refractivity contribution in [3.63, 3.8) is 0 Å². The molecule has 68 valence electrons. The zero-order valence-corrected chi connectivity index (χ0v) is 6.99. The molecule has 0 spiro atoms. The minimum Gasteiger partial charge on any atom is -0.386 e. The quantitative estimate of drug-likeness (QED) is 0.534. The Morgan fingerprint density at radius 3 is 3.17 bits per heavy atom. The summed E-state index contributed by atoms with van der Waals surface area (Å²) < 4.78 is 0. The van der Waals surface area contributed by atoms with E-state index in [-0.39, 0.29) is 24.9 Å². The Kier molecular flexibility index (Phi) is 1.63. The molecule has 0 aromatic carbocycles. The van der Waals surface area contributed by atoms with Crippen LogP contribution in [0, 0.1) is 0 Å². The number of fused-ring (bicyclic) bond motifs is 1. The van der Waals surface area contributed by atoms with E-state index in [0.29, 0.717) is 0 Å². The molecule has 2 saturated heterocycles. The van der Waals surface area contributed by atoms with Gasteiger partial charge in [0.25, 0.3) is 0 Å². The minimum atomic E-state index is -0.937. The molecule has 0 aromatic heterocycles. The van der Waals surface area contributed by atoms with Crippen molar-refractivity contribution in [2.45, 2.75) is 30.9 Å². The second-order valence-electron chi connectivity index (χ2n) is 3.73. The molecule has 4 nitrogen and oxygen atoms in total. The highest BCUT2D eigenvalue weighted by atomic mass is 16.3. The molecule has 2 heterocycles. The van der Waals surface area contributed by atoms with Crippen LogP contribution < -0.4 is 5.73 Å². The van der Waals surface area contributed by atoms with E-state index in [1.54, 1.807) is 4.90 Å². The second-order valence-corrected chi connectivity index (χ2v) is 3.73. The van der Waals surface area contributed by atoms with Gasteiger partial charge in [-0.2, -0.15) is 0 Å². The zero-order valence-electron chi connectivity index (χ0n) is 6.99. The van der Waals surface area contributed by atoms with Gasteiger partial charge in [-0.1, -0.05) is 0 Å². The second kappa shape index (κ2) is 2.44. The molecule has 1 amide bonds. The summed E-state index contributed by atoms with van der Waals surface area (Å²) >= 11 is 0. The highest BCUT2D eigenvalue weighted by Crippen LogP contribution is 2.35.